The molecule has 0 unspecified atom stereocenters. The Morgan fingerprint density at radius 1 is 1.28 bits per heavy atom. The van der Waals surface area contributed by atoms with E-state index in [1.54, 1.807) is 0 Å². The smallest absolute Gasteiger partial charge is 0.214 e. The predicted molar refractivity (Wildman–Crippen MR) is 65.5 cm³/mol. The highest BCUT2D eigenvalue weighted by Crippen LogP contribution is 2.10. The van der Waals surface area contributed by atoms with Crippen molar-refractivity contribution in [2.75, 3.05) is 26.4 Å². The maximum absolute atomic E-state index is 13.2. The molecule has 7 heteroatoms. The molecule has 1 aromatic carbocycles. The first-order valence-corrected chi connectivity index (χ1v) is 6.99. The SMILES string of the molecule is CN(C)S(=O)(=O)CCNCc1cccc(F)c1F. The molecule has 1 N–H and O–H groups in total. The maximum Gasteiger partial charge on any atom is 0.214 e. The molecule has 0 saturated heterocycles. The third-order valence-corrected chi connectivity index (χ3v) is 4.27. The Kier molecular flexibility index (Phi) is 5.18. The molecule has 0 amide bonds. The van der Waals surface area contributed by atoms with Gasteiger partial charge in [0.1, 0.15) is 0 Å². The van der Waals surface area contributed by atoms with E-state index in [0.29, 0.717) is 0 Å². The van der Waals surface area contributed by atoms with Crippen LogP contribution in [0, 0.1) is 11.6 Å². The lowest BCUT2D eigenvalue weighted by atomic mass is 10.2. The zero-order valence-corrected chi connectivity index (χ0v) is 11.1. The predicted octanol–water partition coefficient (Wildman–Crippen LogP) is 0.946. The van der Waals surface area contributed by atoms with Gasteiger partial charge in [-0.05, 0) is 6.07 Å². The Labute approximate surface area is 106 Å². The highest BCUT2D eigenvalue weighted by molar-refractivity contribution is 7.89. The molecule has 1 rings (SSSR count). The molecule has 0 fully saturated rings. The van der Waals surface area contributed by atoms with Crippen LogP contribution in [0.3, 0.4) is 0 Å². The molecule has 1 aromatic rings. The van der Waals surface area contributed by atoms with Crippen LogP contribution in [0.5, 0.6) is 0 Å². The van der Waals surface area contributed by atoms with E-state index in [1.165, 1.54) is 26.2 Å². The van der Waals surface area contributed by atoms with Gasteiger partial charge in [-0.15, -0.1) is 0 Å². The third kappa shape index (κ3) is 4.01. The molecule has 0 aliphatic rings. The lowest BCUT2D eigenvalue weighted by Crippen LogP contribution is -2.31. The van der Waals surface area contributed by atoms with Crippen molar-refractivity contribution in [2.24, 2.45) is 0 Å². The molecule has 0 aliphatic carbocycles. The lowest BCUT2D eigenvalue weighted by molar-refractivity contribution is 0.492. The van der Waals surface area contributed by atoms with Gasteiger partial charge in [0, 0.05) is 32.7 Å². The van der Waals surface area contributed by atoms with Gasteiger partial charge < -0.3 is 5.32 Å². The number of rotatable bonds is 6. The van der Waals surface area contributed by atoms with Crippen molar-refractivity contribution >= 4 is 10.0 Å². The molecule has 0 atom stereocenters. The van der Waals surface area contributed by atoms with Crippen LogP contribution in [0.1, 0.15) is 5.56 Å². The second-order valence-electron chi connectivity index (χ2n) is 3.99. The van der Waals surface area contributed by atoms with E-state index in [-0.39, 0.29) is 24.4 Å². The van der Waals surface area contributed by atoms with E-state index in [4.69, 9.17) is 0 Å². The number of halogens is 2. The standard InChI is InChI=1S/C11H16F2N2O2S/c1-15(2)18(16,17)7-6-14-8-9-4-3-5-10(12)11(9)13/h3-5,14H,6-8H2,1-2H3. The van der Waals surface area contributed by atoms with Gasteiger partial charge in [0.25, 0.3) is 0 Å². The molecule has 0 radical (unpaired) electrons. The van der Waals surface area contributed by atoms with Crippen LogP contribution in [-0.2, 0) is 16.6 Å². The van der Waals surface area contributed by atoms with Crippen LogP contribution in [0.25, 0.3) is 0 Å². The Hall–Kier alpha value is -1.05. The van der Waals surface area contributed by atoms with E-state index in [9.17, 15) is 17.2 Å². The summed E-state index contributed by atoms with van der Waals surface area (Å²) in [6, 6.07) is 3.90. The molecule has 0 saturated carbocycles. The van der Waals surface area contributed by atoms with Crippen LogP contribution in [0.15, 0.2) is 18.2 Å². The monoisotopic (exact) mass is 278 g/mol. The average molecular weight is 278 g/mol. The van der Waals surface area contributed by atoms with Gasteiger partial charge in [0.05, 0.1) is 5.75 Å². The van der Waals surface area contributed by atoms with Crippen molar-refractivity contribution in [1.29, 1.82) is 0 Å². The number of sulfonamides is 1. The Morgan fingerprint density at radius 3 is 2.56 bits per heavy atom. The van der Waals surface area contributed by atoms with Gasteiger partial charge in [-0.1, -0.05) is 12.1 Å². The van der Waals surface area contributed by atoms with Crippen molar-refractivity contribution in [3.05, 3.63) is 35.4 Å². The molecule has 0 aliphatic heterocycles. The van der Waals surface area contributed by atoms with Gasteiger partial charge in [-0.2, -0.15) is 0 Å². The molecule has 0 aromatic heterocycles. The Bertz CT molecular complexity index is 504. The first kappa shape index (κ1) is 15.0. The minimum Gasteiger partial charge on any atom is -0.312 e. The molecule has 0 bridgehead atoms. The number of hydrogen-bond acceptors (Lipinski definition) is 3. The highest BCUT2D eigenvalue weighted by atomic mass is 32.2. The van der Waals surface area contributed by atoms with Crippen LogP contribution in [0.4, 0.5) is 8.78 Å². The van der Waals surface area contributed by atoms with Crippen LogP contribution in [-0.4, -0.2) is 39.1 Å². The zero-order chi connectivity index (χ0) is 13.8. The van der Waals surface area contributed by atoms with Crippen LogP contribution >= 0.6 is 0 Å². The van der Waals surface area contributed by atoms with Gasteiger partial charge in [-0.25, -0.2) is 21.5 Å². The Morgan fingerprint density at radius 2 is 1.94 bits per heavy atom. The van der Waals surface area contributed by atoms with Crippen molar-refractivity contribution in [3.8, 4) is 0 Å². The average Bonchev–Trinajstić information content (AvgIpc) is 2.29. The summed E-state index contributed by atoms with van der Waals surface area (Å²) in [5, 5.41) is 2.77. The molecule has 4 nitrogen and oxygen atoms in total. The summed E-state index contributed by atoms with van der Waals surface area (Å²) in [5.74, 6) is -1.90. The lowest BCUT2D eigenvalue weighted by Gasteiger charge is -2.11. The first-order valence-electron chi connectivity index (χ1n) is 5.38. The fraction of sp³-hybridized carbons (Fsp3) is 0.455. The second-order valence-corrected chi connectivity index (χ2v) is 6.29. The summed E-state index contributed by atoms with van der Waals surface area (Å²) in [5.41, 5.74) is 0.178. The van der Waals surface area contributed by atoms with Gasteiger partial charge in [0.15, 0.2) is 11.6 Å². The Balaban J connectivity index is 2.46. The molecular weight excluding hydrogens is 262 g/mol. The van der Waals surface area contributed by atoms with E-state index >= 15 is 0 Å². The molecule has 102 valence electrons. The fourth-order valence-electron chi connectivity index (χ4n) is 1.29. The molecular formula is C11H16F2N2O2S. The summed E-state index contributed by atoms with van der Waals surface area (Å²) >= 11 is 0. The van der Waals surface area contributed by atoms with Crippen molar-refractivity contribution in [1.82, 2.24) is 9.62 Å². The minimum atomic E-state index is -3.27. The van der Waals surface area contributed by atoms with Crippen molar-refractivity contribution < 1.29 is 17.2 Å². The van der Waals surface area contributed by atoms with E-state index in [1.807, 2.05) is 0 Å². The fourth-order valence-corrected chi connectivity index (χ4v) is 2.06. The van der Waals surface area contributed by atoms with Gasteiger partial charge >= 0.3 is 0 Å². The number of hydrogen-bond donors (Lipinski definition) is 1. The number of nitrogens with one attached hydrogen (secondary N) is 1. The van der Waals surface area contributed by atoms with Gasteiger partial charge in [-0.3, -0.25) is 0 Å². The van der Waals surface area contributed by atoms with Crippen LogP contribution < -0.4 is 5.32 Å². The summed E-state index contributed by atoms with van der Waals surface area (Å²) in [7, 11) is -0.376. The van der Waals surface area contributed by atoms with Crippen molar-refractivity contribution in [3.63, 3.8) is 0 Å². The quantitative estimate of drug-likeness (QED) is 0.788. The minimum absolute atomic E-state index is 0.0864. The van der Waals surface area contributed by atoms with E-state index in [2.05, 4.69) is 5.32 Å². The van der Waals surface area contributed by atoms with Crippen LogP contribution in [0.2, 0.25) is 0 Å². The molecule has 0 spiro atoms. The summed E-state index contributed by atoms with van der Waals surface area (Å²) in [6.07, 6.45) is 0. The second kappa shape index (κ2) is 6.21. The third-order valence-electron chi connectivity index (χ3n) is 2.44. The largest absolute Gasteiger partial charge is 0.312 e. The van der Waals surface area contributed by atoms with E-state index < -0.39 is 21.7 Å². The van der Waals surface area contributed by atoms with E-state index in [0.717, 1.165) is 10.4 Å². The zero-order valence-electron chi connectivity index (χ0n) is 10.3. The summed E-state index contributed by atoms with van der Waals surface area (Å²) < 4.78 is 50.1. The normalized spacial score (nSPS) is 12.1. The first-order chi connectivity index (χ1) is 8.34. The topological polar surface area (TPSA) is 49.4 Å². The molecule has 0 heterocycles. The summed E-state index contributed by atoms with van der Waals surface area (Å²) in [6.45, 7) is 0.267. The van der Waals surface area contributed by atoms with Gasteiger partial charge in [0.2, 0.25) is 10.0 Å². The number of benzene rings is 1. The molecule has 18 heavy (non-hydrogen) atoms. The summed E-state index contributed by atoms with van der Waals surface area (Å²) in [4.78, 5) is 0. The van der Waals surface area contributed by atoms with Crippen molar-refractivity contribution in [2.45, 2.75) is 6.54 Å². The number of nitrogens with zero attached hydrogens (tertiary/aromatic N) is 1. The highest BCUT2D eigenvalue weighted by Gasteiger charge is 2.13. The maximum atomic E-state index is 13.2.